The summed E-state index contributed by atoms with van der Waals surface area (Å²) in [6.45, 7) is 1.95. The molecule has 1 unspecified atom stereocenters. The lowest BCUT2D eigenvalue weighted by Gasteiger charge is -2.15. The number of hydrogen-bond donors (Lipinski definition) is 3. The van der Waals surface area contributed by atoms with Crippen LogP contribution >= 0.6 is 0 Å². The minimum atomic E-state index is -1.00. The molecule has 0 bridgehead atoms. The Kier molecular flexibility index (Phi) is 6.55. The average molecular weight is 286 g/mol. The number of urea groups is 1. The van der Waals surface area contributed by atoms with Gasteiger partial charge >= 0.3 is 12.0 Å². The molecule has 0 aromatic heterocycles. The van der Waals surface area contributed by atoms with Crippen molar-refractivity contribution in [2.24, 2.45) is 0 Å². The summed E-state index contributed by atoms with van der Waals surface area (Å²) in [5.74, 6) is 1.52. The molecule has 0 radical (unpaired) electrons. The van der Waals surface area contributed by atoms with Gasteiger partial charge in [-0.05, 0) is 30.2 Å². The monoisotopic (exact) mass is 286 g/mol. The lowest BCUT2D eigenvalue weighted by molar-refractivity contribution is -0.131. The summed E-state index contributed by atoms with van der Waals surface area (Å²) >= 11 is 0. The van der Waals surface area contributed by atoms with Crippen LogP contribution in [0.5, 0.6) is 0 Å². The zero-order chi connectivity index (χ0) is 15.7. The van der Waals surface area contributed by atoms with Gasteiger partial charge in [0.15, 0.2) is 0 Å². The third-order valence-corrected chi connectivity index (χ3v) is 2.78. The average Bonchev–Trinajstić information content (AvgIpc) is 2.46. The van der Waals surface area contributed by atoms with E-state index in [1.807, 2.05) is 6.92 Å². The smallest absolute Gasteiger partial charge is 0.328 e. The van der Waals surface area contributed by atoms with Gasteiger partial charge in [0, 0.05) is 24.2 Å². The number of terminal acetylenes is 1. The first-order valence-corrected chi connectivity index (χ1v) is 6.57. The second-order valence-electron chi connectivity index (χ2n) is 4.41. The van der Waals surface area contributed by atoms with Crippen molar-refractivity contribution >= 4 is 23.8 Å². The van der Waals surface area contributed by atoms with E-state index in [0.717, 1.165) is 18.1 Å². The normalized spacial score (nSPS) is 11.6. The Bertz CT molecular complexity index is 556. The summed E-state index contributed by atoms with van der Waals surface area (Å²) in [6.07, 6.45) is 9.01. The largest absolute Gasteiger partial charge is 0.478 e. The van der Waals surface area contributed by atoms with Gasteiger partial charge in [0.25, 0.3) is 0 Å². The quantitative estimate of drug-likeness (QED) is 0.555. The van der Waals surface area contributed by atoms with Gasteiger partial charge < -0.3 is 15.7 Å². The molecule has 3 N–H and O–H groups in total. The second-order valence-corrected chi connectivity index (χ2v) is 4.41. The molecule has 110 valence electrons. The van der Waals surface area contributed by atoms with Gasteiger partial charge in [-0.2, -0.15) is 0 Å². The molecule has 21 heavy (non-hydrogen) atoms. The second kappa shape index (κ2) is 8.43. The Labute approximate surface area is 124 Å². The number of carboxylic acids is 1. The predicted octanol–water partition coefficient (Wildman–Crippen LogP) is 2.71. The highest BCUT2D eigenvalue weighted by Crippen LogP contribution is 2.11. The van der Waals surface area contributed by atoms with E-state index in [-0.39, 0.29) is 12.1 Å². The number of carbonyl (C=O) groups excluding carboxylic acids is 1. The highest BCUT2D eigenvalue weighted by atomic mass is 16.4. The van der Waals surface area contributed by atoms with E-state index in [4.69, 9.17) is 11.5 Å². The van der Waals surface area contributed by atoms with Gasteiger partial charge in [0.1, 0.15) is 0 Å². The number of amides is 2. The maximum absolute atomic E-state index is 11.8. The minimum absolute atomic E-state index is 0.0484. The number of nitrogens with one attached hydrogen (secondary N) is 2. The predicted molar refractivity (Wildman–Crippen MR) is 82.8 cm³/mol. The molecular formula is C16H18N2O3. The van der Waals surface area contributed by atoms with E-state index in [1.54, 1.807) is 24.3 Å². The van der Waals surface area contributed by atoms with Crippen LogP contribution in [0.15, 0.2) is 30.3 Å². The summed E-state index contributed by atoms with van der Waals surface area (Å²) in [5.41, 5.74) is 1.36. The van der Waals surface area contributed by atoms with Gasteiger partial charge in [0.2, 0.25) is 0 Å². The van der Waals surface area contributed by atoms with Crippen LogP contribution in [0, 0.1) is 12.3 Å². The first-order valence-electron chi connectivity index (χ1n) is 6.57. The lowest BCUT2D eigenvalue weighted by atomic mass is 10.1. The number of carbonyl (C=O) groups is 2. The Morgan fingerprint density at radius 3 is 2.57 bits per heavy atom. The molecule has 1 aromatic carbocycles. The van der Waals surface area contributed by atoms with Gasteiger partial charge in [0.05, 0.1) is 0 Å². The molecule has 0 aliphatic heterocycles. The molecule has 2 amide bonds. The van der Waals surface area contributed by atoms with Crippen molar-refractivity contribution in [1.82, 2.24) is 5.32 Å². The van der Waals surface area contributed by atoms with E-state index in [9.17, 15) is 9.59 Å². The first kappa shape index (κ1) is 16.3. The van der Waals surface area contributed by atoms with Gasteiger partial charge in [-0.25, -0.2) is 9.59 Å². The molecule has 0 saturated carbocycles. The van der Waals surface area contributed by atoms with Crippen LogP contribution in [0.2, 0.25) is 0 Å². The van der Waals surface area contributed by atoms with E-state index in [0.29, 0.717) is 12.1 Å². The van der Waals surface area contributed by atoms with Crippen LogP contribution < -0.4 is 10.6 Å². The van der Waals surface area contributed by atoms with Crippen LogP contribution in [0.3, 0.4) is 0 Å². The van der Waals surface area contributed by atoms with Crippen LogP contribution in [0.25, 0.3) is 6.08 Å². The fraction of sp³-hybridized carbons (Fsp3) is 0.250. The Balaban J connectivity index is 2.57. The standard InChI is InChI=1S/C16H18N2O3/c1-3-5-13(4-2)17-16(21)18-14-9-6-12(7-10-14)8-11-15(19)20/h1,6-11,13H,4-5H2,2H3,(H,19,20)(H2,17,18,21)/b11-8+. The summed E-state index contributed by atoms with van der Waals surface area (Å²) in [4.78, 5) is 22.2. The Morgan fingerprint density at radius 2 is 2.05 bits per heavy atom. The summed E-state index contributed by atoms with van der Waals surface area (Å²) in [7, 11) is 0. The number of rotatable bonds is 6. The molecule has 0 aliphatic carbocycles. The van der Waals surface area contributed by atoms with Gasteiger partial charge in [-0.3, -0.25) is 0 Å². The summed E-state index contributed by atoms with van der Waals surface area (Å²) in [6, 6.07) is 6.47. The maximum atomic E-state index is 11.8. The van der Waals surface area contributed by atoms with Crippen molar-refractivity contribution in [3.05, 3.63) is 35.9 Å². The molecule has 0 saturated heterocycles. The number of aliphatic carboxylic acids is 1. The Morgan fingerprint density at radius 1 is 1.38 bits per heavy atom. The van der Waals surface area contributed by atoms with E-state index in [2.05, 4.69) is 16.6 Å². The van der Waals surface area contributed by atoms with Gasteiger partial charge in [-0.15, -0.1) is 12.3 Å². The van der Waals surface area contributed by atoms with Crippen LogP contribution in [-0.4, -0.2) is 23.1 Å². The molecule has 5 heteroatoms. The third-order valence-electron chi connectivity index (χ3n) is 2.78. The van der Waals surface area contributed by atoms with E-state index in [1.165, 1.54) is 6.08 Å². The van der Waals surface area contributed by atoms with Gasteiger partial charge in [-0.1, -0.05) is 19.1 Å². The van der Waals surface area contributed by atoms with E-state index >= 15 is 0 Å². The number of anilines is 1. The fourth-order valence-electron chi connectivity index (χ4n) is 1.64. The maximum Gasteiger partial charge on any atom is 0.328 e. The summed E-state index contributed by atoms with van der Waals surface area (Å²) < 4.78 is 0. The highest BCUT2D eigenvalue weighted by Gasteiger charge is 2.08. The minimum Gasteiger partial charge on any atom is -0.478 e. The molecule has 5 nitrogen and oxygen atoms in total. The number of carboxylic acid groups (broad SMARTS) is 1. The molecule has 1 aromatic rings. The Hall–Kier alpha value is -2.74. The van der Waals surface area contributed by atoms with Crippen molar-refractivity contribution in [1.29, 1.82) is 0 Å². The van der Waals surface area contributed by atoms with Crippen molar-refractivity contribution < 1.29 is 14.7 Å². The lowest BCUT2D eigenvalue weighted by Crippen LogP contribution is -2.37. The van der Waals surface area contributed by atoms with Crippen molar-refractivity contribution in [2.75, 3.05) is 5.32 Å². The third kappa shape index (κ3) is 6.30. The molecular weight excluding hydrogens is 268 g/mol. The van der Waals surface area contributed by atoms with Crippen LogP contribution in [-0.2, 0) is 4.79 Å². The molecule has 1 atom stereocenters. The van der Waals surface area contributed by atoms with Crippen molar-refractivity contribution in [2.45, 2.75) is 25.8 Å². The molecule has 0 aliphatic rings. The molecule has 0 spiro atoms. The van der Waals surface area contributed by atoms with Crippen LogP contribution in [0.4, 0.5) is 10.5 Å². The zero-order valence-corrected chi connectivity index (χ0v) is 11.8. The highest BCUT2D eigenvalue weighted by molar-refractivity contribution is 5.90. The van der Waals surface area contributed by atoms with E-state index < -0.39 is 5.97 Å². The summed E-state index contributed by atoms with van der Waals surface area (Å²) in [5, 5.41) is 14.0. The molecule has 1 rings (SSSR count). The molecule has 0 heterocycles. The van der Waals surface area contributed by atoms with Crippen molar-refractivity contribution in [3.8, 4) is 12.3 Å². The van der Waals surface area contributed by atoms with Crippen LogP contribution in [0.1, 0.15) is 25.3 Å². The molecule has 0 fully saturated rings. The fourth-order valence-corrected chi connectivity index (χ4v) is 1.64. The van der Waals surface area contributed by atoms with Crippen molar-refractivity contribution in [3.63, 3.8) is 0 Å². The zero-order valence-electron chi connectivity index (χ0n) is 11.8. The number of hydrogen-bond acceptors (Lipinski definition) is 2. The topological polar surface area (TPSA) is 78.4 Å². The SMILES string of the molecule is C#CCC(CC)NC(=O)Nc1ccc(/C=C/C(=O)O)cc1. The number of benzene rings is 1. The first-order chi connectivity index (χ1) is 10.0.